The van der Waals surface area contributed by atoms with E-state index in [2.05, 4.69) is 10.3 Å². The Bertz CT molecular complexity index is 522. The summed E-state index contributed by atoms with van der Waals surface area (Å²) < 4.78 is 4.97. The van der Waals surface area contributed by atoms with Gasteiger partial charge < -0.3 is 14.8 Å². The molecule has 5 heteroatoms. The van der Waals surface area contributed by atoms with Gasteiger partial charge in [-0.15, -0.1) is 0 Å². The van der Waals surface area contributed by atoms with Crippen molar-refractivity contribution in [1.29, 1.82) is 0 Å². The van der Waals surface area contributed by atoms with Crippen LogP contribution in [0, 0.1) is 6.92 Å². The van der Waals surface area contributed by atoms with E-state index in [1.54, 1.807) is 6.92 Å². The monoisotopic (exact) mass is 246 g/mol. The van der Waals surface area contributed by atoms with Gasteiger partial charge in [0.25, 0.3) is 5.91 Å². The van der Waals surface area contributed by atoms with E-state index in [0.29, 0.717) is 5.76 Å². The summed E-state index contributed by atoms with van der Waals surface area (Å²) in [5.41, 5.74) is 1.08. The largest absolute Gasteiger partial charge is 0.448 e. The summed E-state index contributed by atoms with van der Waals surface area (Å²) in [7, 11) is 0. The number of nitrogens with one attached hydrogen (secondary N) is 1. The molecule has 0 bridgehead atoms. The number of rotatable bonds is 4. The third-order valence-corrected chi connectivity index (χ3v) is 2.65. The number of oxazole rings is 1. The summed E-state index contributed by atoms with van der Waals surface area (Å²) in [4.78, 5) is 15.8. The fraction of sp³-hybridized carbons (Fsp3) is 0.231. The molecule has 5 nitrogen and oxygen atoms in total. The Hall–Kier alpha value is -2.14. The SMILES string of the molecule is Cc1ocnc1C(=O)NC(CO)c1ccccc1. The van der Waals surface area contributed by atoms with Crippen LogP contribution in [0.1, 0.15) is 27.9 Å². The van der Waals surface area contributed by atoms with Crippen molar-refractivity contribution in [2.24, 2.45) is 0 Å². The lowest BCUT2D eigenvalue weighted by Gasteiger charge is -2.15. The number of carbonyl (C=O) groups is 1. The van der Waals surface area contributed by atoms with Crippen LogP contribution in [-0.2, 0) is 0 Å². The molecule has 2 aromatic rings. The van der Waals surface area contributed by atoms with Crippen molar-refractivity contribution in [3.8, 4) is 0 Å². The van der Waals surface area contributed by atoms with E-state index < -0.39 is 6.04 Å². The summed E-state index contributed by atoms with van der Waals surface area (Å²) in [6.45, 7) is 1.49. The molecule has 0 aliphatic carbocycles. The molecule has 1 aromatic carbocycles. The smallest absolute Gasteiger partial charge is 0.274 e. The van der Waals surface area contributed by atoms with Gasteiger partial charge in [0, 0.05) is 0 Å². The maximum Gasteiger partial charge on any atom is 0.274 e. The van der Waals surface area contributed by atoms with Gasteiger partial charge in [-0.3, -0.25) is 4.79 Å². The summed E-state index contributed by atoms with van der Waals surface area (Å²) >= 11 is 0. The number of aliphatic hydroxyl groups excluding tert-OH is 1. The van der Waals surface area contributed by atoms with E-state index in [0.717, 1.165) is 5.56 Å². The Morgan fingerprint density at radius 1 is 1.44 bits per heavy atom. The highest BCUT2D eigenvalue weighted by Gasteiger charge is 2.18. The van der Waals surface area contributed by atoms with Crippen LogP contribution in [0.3, 0.4) is 0 Å². The fourth-order valence-corrected chi connectivity index (χ4v) is 1.67. The summed E-state index contributed by atoms with van der Waals surface area (Å²) in [5, 5.41) is 12.1. The highest BCUT2D eigenvalue weighted by molar-refractivity contribution is 5.93. The number of amides is 1. The average Bonchev–Trinajstić information content (AvgIpc) is 2.83. The number of hydrogen-bond donors (Lipinski definition) is 2. The topological polar surface area (TPSA) is 75.4 Å². The van der Waals surface area contributed by atoms with Crippen LogP contribution in [0.4, 0.5) is 0 Å². The predicted octanol–water partition coefficient (Wildman–Crippen LogP) is 1.45. The number of benzene rings is 1. The van der Waals surface area contributed by atoms with Crippen LogP contribution in [0.2, 0.25) is 0 Å². The van der Waals surface area contributed by atoms with Crippen molar-refractivity contribution in [3.63, 3.8) is 0 Å². The number of nitrogens with zero attached hydrogens (tertiary/aromatic N) is 1. The van der Waals surface area contributed by atoms with E-state index in [4.69, 9.17) is 4.42 Å². The molecule has 0 aliphatic heterocycles. The van der Waals surface area contributed by atoms with Gasteiger partial charge >= 0.3 is 0 Å². The van der Waals surface area contributed by atoms with Gasteiger partial charge in [0.1, 0.15) is 5.76 Å². The molecule has 0 spiro atoms. The highest BCUT2D eigenvalue weighted by atomic mass is 16.3. The minimum atomic E-state index is -0.449. The van der Waals surface area contributed by atoms with Crippen molar-refractivity contribution in [3.05, 3.63) is 53.7 Å². The standard InChI is InChI=1S/C13H14N2O3/c1-9-12(14-8-18-9)13(17)15-11(7-16)10-5-3-2-4-6-10/h2-6,8,11,16H,7H2,1H3,(H,15,17). The fourth-order valence-electron chi connectivity index (χ4n) is 1.67. The maximum absolute atomic E-state index is 11.9. The molecule has 0 saturated carbocycles. The lowest BCUT2D eigenvalue weighted by molar-refractivity contribution is 0.0910. The molecule has 1 heterocycles. The summed E-state index contributed by atoms with van der Waals surface area (Å²) in [6.07, 6.45) is 1.22. The molecule has 1 amide bonds. The molecule has 2 N–H and O–H groups in total. The van der Waals surface area contributed by atoms with Gasteiger partial charge in [0.15, 0.2) is 12.1 Å². The first-order valence-corrected chi connectivity index (χ1v) is 5.59. The Balaban J connectivity index is 2.13. The lowest BCUT2D eigenvalue weighted by atomic mass is 10.1. The van der Waals surface area contributed by atoms with E-state index in [-0.39, 0.29) is 18.2 Å². The average molecular weight is 246 g/mol. The van der Waals surface area contributed by atoms with Crippen LogP contribution in [0.15, 0.2) is 41.1 Å². The summed E-state index contributed by atoms with van der Waals surface area (Å²) in [6, 6.07) is 8.82. The van der Waals surface area contributed by atoms with Gasteiger partial charge in [-0.2, -0.15) is 0 Å². The molecule has 1 atom stereocenters. The Labute approximate surface area is 104 Å². The molecule has 0 aliphatic rings. The molecule has 1 aromatic heterocycles. The quantitative estimate of drug-likeness (QED) is 0.856. The Morgan fingerprint density at radius 3 is 2.72 bits per heavy atom. The van der Waals surface area contributed by atoms with Crippen molar-refractivity contribution >= 4 is 5.91 Å². The number of aromatic nitrogens is 1. The second-order valence-electron chi connectivity index (χ2n) is 3.88. The maximum atomic E-state index is 11.9. The zero-order chi connectivity index (χ0) is 13.0. The highest BCUT2D eigenvalue weighted by Crippen LogP contribution is 2.13. The minimum absolute atomic E-state index is 0.174. The van der Waals surface area contributed by atoms with Crippen molar-refractivity contribution < 1.29 is 14.3 Å². The number of aliphatic hydroxyl groups is 1. The zero-order valence-corrected chi connectivity index (χ0v) is 9.96. The zero-order valence-electron chi connectivity index (χ0n) is 9.96. The van der Waals surface area contributed by atoms with E-state index >= 15 is 0 Å². The molecule has 1 unspecified atom stereocenters. The van der Waals surface area contributed by atoms with Crippen LogP contribution in [0.5, 0.6) is 0 Å². The van der Waals surface area contributed by atoms with Crippen molar-refractivity contribution in [2.75, 3.05) is 6.61 Å². The third kappa shape index (κ3) is 2.57. The van der Waals surface area contributed by atoms with Crippen LogP contribution < -0.4 is 5.32 Å². The normalized spacial score (nSPS) is 12.1. The van der Waals surface area contributed by atoms with E-state index in [1.165, 1.54) is 6.39 Å². The number of aryl methyl sites for hydroxylation is 1. The van der Waals surface area contributed by atoms with Gasteiger partial charge in [-0.05, 0) is 12.5 Å². The van der Waals surface area contributed by atoms with E-state index in [1.807, 2.05) is 30.3 Å². The van der Waals surface area contributed by atoms with Crippen LogP contribution >= 0.6 is 0 Å². The van der Waals surface area contributed by atoms with Gasteiger partial charge in [-0.1, -0.05) is 30.3 Å². The first-order chi connectivity index (χ1) is 8.72. The molecular formula is C13H14N2O3. The summed E-state index contributed by atoms with van der Waals surface area (Å²) in [5.74, 6) is 0.0985. The van der Waals surface area contributed by atoms with Gasteiger partial charge in [0.2, 0.25) is 0 Å². The molecule has 2 rings (SSSR count). The third-order valence-electron chi connectivity index (χ3n) is 2.65. The Kier molecular flexibility index (Phi) is 3.74. The van der Waals surface area contributed by atoms with Crippen LogP contribution in [0.25, 0.3) is 0 Å². The minimum Gasteiger partial charge on any atom is -0.448 e. The first kappa shape index (κ1) is 12.3. The van der Waals surface area contributed by atoms with Gasteiger partial charge in [-0.25, -0.2) is 4.98 Å². The van der Waals surface area contributed by atoms with Crippen molar-refractivity contribution in [2.45, 2.75) is 13.0 Å². The van der Waals surface area contributed by atoms with Gasteiger partial charge in [0.05, 0.1) is 12.6 Å². The molecule has 18 heavy (non-hydrogen) atoms. The Morgan fingerprint density at radius 2 is 2.17 bits per heavy atom. The molecule has 0 saturated heterocycles. The molecular weight excluding hydrogens is 232 g/mol. The first-order valence-electron chi connectivity index (χ1n) is 5.59. The van der Waals surface area contributed by atoms with Crippen LogP contribution in [-0.4, -0.2) is 22.6 Å². The lowest BCUT2D eigenvalue weighted by Crippen LogP contribution is -2.31. The number of hydrogen-bond acceptors (Lipinski definition) is 4. The second kappa shape index (κ2) is 5.46. The molecule has 0 fully saturated rings. The van der Waals surface area contributed by atoms with E-state index in [9.17, 15) is 9.90 Å². The molecule has 94 valence electrons. The molecule has 0 radical (unpaired) electrons. The second-order valence-corrected chi connectivity index (χ2v) is 3.88. The number of carbonyl (C=O) groups excluding carboxylic acids is 1. The van der Waals surface area contributed by atoms with Crippen molar-refractivity contribution in [1.82, 2.24) is 10.3 Å². The predicted molar refractivity (Wildman–Crippen MR) is 65.0 cm³/mol.